The average Bonchev–Trinajstić information content (AvgIpc) is 2.55. The van der Waals surface area contributed by atoms with E-state index in [1.54, 1.807) is 0 Å². The molecular formula is C11H16N2. The Hall–Kier alpha value is -1.02. The van der Waals surface area contributed by atoms with E-state index in [0.717, 1.165) is 13.0 Å². The normalized spacial score (nSPS) is 25.4. The van der Waals surface area contributed by atoms with Crippen molar-refractivity contribution in [3.63, 3.8) is 0 Å². The van der Waals surface area contributed by atoms with Crippen LogP contribution in [0.4, 0.5) is 5.69 Å². The van der Waals surface area contributed by atoms with E-state index < -0.39 is 0 Å². The third kappa shape index (κ3) is 1.31. The lowest BCUT2D eigenvalue weighted by molar-refractivity contribution is 0.585. The van der Waals surface area contributed by atoms with E-state index in [9.17, 15) is 0 Å². The molecule has 3 N–H and O–H groups in total. The molecule has 0 radical (unpaired) electrons. The molecule has 1 aromatic carbocycles. The molecule has 2 heteroatoms. The molecule has 0 aliphatic carbocycles. The zero-order valence-electron chi connectivity index (χ0n) is 7.96. The molecule has 0 spiro atoms. The van der Waals surface area contributed by atoms with Crippen LogP contribution in [0.25, 0.3) is 0 Å². The SMILES string of the molecule is CC[C@@H]1Nc2ccccc2[C@@H]1CN. The van der Waals surface area contributed by atoms with Gasteiger partial charge in [0, 0.05) is 24.2 Å². The summed E-state index contributed by atoms with van der Waals surface area (Å²) in [6, 6.07) is 8.99. The molecule has 0 aromatic heterocycles. The molecule has 0 bridgehead atoms. The Kier molecular flexibility index (Phi) is 2.23. The van der Waals surface area contributed by atoms with Gasteiger partial charge in [-0.25, -0.2) is 0 Å². The zero-order valence-corrected chi connectivity index (χ0v) is 7.96. The predicted octanol–water partition coefficient (Wildman–Crippen LogP) is 1.93. The van der Waals surface area contributed by atoms with Crippen molar-refractivity contribution in [2.45, 2.75) is 25.3 Å². The van der Waals surface area contributed by atoms with Crippen LogP contribution < -0.4 is 11.1 Å². The minimum Gasteiger partial charge on any atom is -0.381 e. The van der Waals surface area contributed by atoms with Crippen LogP contribution in [0.2, 0.25) is 0 Å². The summed E-state index contributed by atoms with van der Waals surface area (Å²) in [5.74, 6) is 0.501. The maximum atomic E-state index is 5.77. The number of nitrogens with one attached hydrogen (secondary N) is 1. The summed E-state index contributed by atoms with van der Waals surface area (Å²) in [6.07, 6.45) is 1.14. The first kappa shape index (κ1) is 8.57. The van der Waals surface area contributed by atoms with E-state index in [-0.39, 0.29) is 0 Å². The van der Waals surface area contributed by atoms with Crippen LogP contribution in [0.5, 0.6) is 0 Å². The van der Waals surface area contributed by atoms with Gasteiger partial charge in [0.2, 0.25) is 0 Å². The van der Waals surface area contributed by atoms with E-state index in [0.29, 0.717) is 12.0 Å². The number of fused-ring (bicyclic) bond motifs is 1. The summed E-state index contributed by atoms with van der Waals surface area (Å²) in [4.78, 5) is 0. The first-order valence-electron chi connectivity index (χ1n) is 4.92. The van der Waals surface area contributed by atoms with E-state index in [1.807, 2.05) is 0 Å². The molecule has 1 aliphatic heterocycles. The topological polar surface area (TPSA) is 38.0 Å². The molecule has 0 unspecified atom stereocenters. The molecule has 0 amide bonds. The molecule has 70 valence electrons. The molecule has 1 aromatic rings. The van der Waals surface area contributed by atoms with Gasteiger partial charge < -0.3 is 11.1 Å². The Labute approximate surface area is 79.1 Å². The van der Waals surface area contributed by atoms with Gasteiger partial charge in [0.05, 0.1) is 0 Å². The maximum absolute atomic E-state index is 5.77. The van der Waals surface area contributed by atoms with Crippen molar-refractivity contribution >= 4 is 5.69 Å². The summed E-state index contributed by atoms with van der Waals surface area (Å²) in [5.41, 5.74) is 8.43. The number of hydrogen-bond donors (Lipinski definition) is 2. The quantitative estimate of drug-likeness (QED) is 0.722. The molecule has 0 saturated carbocycles. The highest BCUT2D eigenvalue weighted by Gasteiger charge is 2.28. The summed E-state index contributed by atoms with van der Waals surface area (Å²) >= 11 is 0. The lowest BCUT2D eigenvalue weighted by Crippen LogP contribution is -2.25. The van der Waals surface area contributed by atoms with Crippen LogP contribution in [0, 0.1) is 0 Å². The summed E-state index contributed by atoms with van der Waals surface area (Å²) in [5, 5.41) is 3.51. The van der Waals surface area contributed by atoms with Crippen molar-refractivity contribution in [1.29, 1.82) is 0 Å². The van der Waals surface area contributed by atoms with Crippen LogP contribution in [0.15, 0.2) is 24.3 Å². The second-order valence-electron chi connectivity index (χ2n) is 3.59. The highest BCUT2D eigenvalue weighted by Crippen LogP contribution is 2.35. The van der Waals surface area contributed by atoms with E-state index in [2.05, 4.69) is 36.5 Å². The van der Waals surface area contributed by atoms with Gasteiger partial charge in [0.1, 0.15) is 0 Å². The monoisotopic (exact) mass is 176 g/mol. The van der Waals surface area contributed by atoms with Crippen LogP contribution in [-0.4, -0.2) is 12.6 Å². The summed E-state index contributed by atoms with van der Waals surface area (Å²) in [7, 11) is 0. The Morgan fingerprint density at radius 2 is 2.15 bits per heavy atom. The van der Waals surface area contributed by atoms with Crippen molar-refractivity contribution in [3.05, 3.63) is 29.8 Å². The second kappa shape index (κ2) is 3.38. The Morgan fingerprint density at radius 3 is 2.85 bits per heavy atom. The highest BCUT2D eigenvalue weighted by molar-refractivity contribution is 5.59. The molecule has 1 aliphatic rings. The van der Waals surface area contributed by atoms with Crippen LogP contribution in [0.1, 0.15) is 24.8 Å². The molecular weight excluding hydrogens is 160 g/mol. The highest BCUT2D eigenvalue weighted by atomic mass is 15.0. The van der Waals surface area contributed by atoms with E-state index in [1.165, 1.54) is 11.3 Å². The third-order valence-corrected chi connectivity index (χ3v) is 2.88. The first-order valence-corrected chi connectivity index (χ1v) is 4.92. The van der Waals surface area contributed by atoms with Crippen molar-refractivity contribution < 1.29 is 0 Å². The van der Waals surface area contributed by atoms with Gasteiger partial charge in [-0.1, -0.05) is 25.1 Å². The minimum atomic E-state index is 0.501. The standard InChI is InChI=1S/C11H16N2/c1-2-10-9(7-12)8-5-3-4-6-11(8)13-10/h3-6,9-10,13H,2,7,12H2,1H3/t9-,10-/m0/s1. The fourth-order valence-electron chi connectivity index (χ4n) is 2.15. The third-order valence-electron chi connectivity index (χ3n) is 2.88. The molecule has 2 rings (SSSR count). The summed E-state index contributed by atoms with van der Waals surface area (Å²) < 4.78 is 0. The second-order valence-corrected chi connectivity index (χ2v) is 3.59. The first-order chi connectivity index (χ1) is 6.36. The van der Waals surface area contributed by atoms with Gasteiger partial charge in [-0.05, 0) is 18.1 Å². The van der Waals surface area contributed by atoms with Gasteiger partial charge in [-0.2, -0.15) is 0 Å². The van der Waals surface area contributed by atoms with Gasteiger partial charge in [-0.3, -0.25) is 0 Å². The number of anilines is 1. The summed E-state index contributed by atoms with van der Waals surface area (Å²) in [6.45, 7) is 2.94. The predicted molar refractivity (Wildman–Crippen MR) is 55.9 cm³/mol. The van der Waals surface area contributed by atoms with E-state index >= 15 is 0 Å². The maximum Gasteiger partial charge on any atom is 0.0379 e. The van der Waals surface area contributed by atoms with Crippen LogP contribution >= 0.6 is 0 Å². The molecule has 2 atom stereocenters. The molecule has 0 saturated heterocycles. The van der Waals surface area contributed by atoms with E-state index in [4.69, 9.17) is 5.73 Å². The van der Waals surface area contributed by atoms with Crippen molar-refractivity contribution in [1.82, 2.24) is 0 Å². The molecule has 2 nitrogen and oxygen atoms in total. The largest absolute Gasteiger partial charge is 0.381 e. The number of para-hydroxylation sites is 1. The average molecular weight is 176 g/mol. The van der Waals surface area contributed by atoms with Crippen molar-refractivity contribution in [2.75, 3.05) is 11.9 Å². The van der Waals surface area contributed by atoms with Crippen LogP contribution in [0.3, 0.4) is 0 Å². The lowest BCUT2D eigenvalue weighted by Gasteiger charge is -2.16. The number of nitrogens with two attached hydrogens (primary N) is 1. The number of rotatable bonds is 2. The Balaban J connectivity index is 2.34. The molecule has 1 heterocycles. The molecule has 0 fully saturated rings. The lowest BCUT2D eigenvalue weighted by atomic mass is 9.94. The fourth-order valence-corrected chi connectivity index (χ4v) is 2.15. The number of benzene rings is 1. The van der Waals surface area contributed by atoms with Gasteiger partial charge in [0.25, 0.3) is 0 Å². The van der Waals surface area contributed by atoms with Crippen molar-refractivity contribution in [2.24, 2.45) is 5.73 Å². The Morgan fingerprint density at radius 1 is 1.38 bits per heavy atom. The van der Waals surface area contributed by atoms with Crippen molar-refractivity contribution in [3.8, 4) is 0 Å². The Bertz CT molecular complexity index is 296. The molecule has 13 heavy (non-hydrogen) atoms. The smallest absolute Gasteiger partial charge is 0.0379 e. The zero-order chi connectivity index (χ0) is 9.26. The number of hydrogen-bond acceptors (Lipinski definition) is 2. The van der Waals surface area contributed by atoms with Crippen LogP contribution in [-0.2, 0) is 0 Å². The van der Waals surface area contributed by atoms with Gasteiger partial charge >= 0.3 is 0 Å². The minimum absolute atomic E-state index is 0.501. The fraction of sp³-hybridized carbons (Fsp3) is 0.455. The van der Waals surface area contributed by atoms with Gasteiger partial charge in [-0.15, -0.1) is 0 Å². The van der Waals surface area contributed by atoms with Gasteiger partial charge in [0.15, 0.2) is 0 Å².